The summed E-state index contributed by atoms with van der Waals surface area (Å²) in [5.74, 6) is 1.29. The van der Waals surface area contributed by atoms with Gasteiger partial charge in [0.15, 0.2) is 0 Å². The van der Waals surface area contributed by atoms with E-state index in [2.05, 4.69) is 19.2 Å². The van der Waals surface area contributed by atoms with Crippen LogP contribution in [0.4, 0.5) is 4.39 Å². The highest BCUT2D eigenvalue weighted by molar-refractivity contribution is 6.30. The SMILES string of the molecule is CCCNC(Cc1ccc(Cl)cc1F)C1CCCC(C)C1. The molecule has 21 heavy (non-hydrogen) atoms. The number of benzene rings is 1. The first-order valence-corrected chi connectivity index (χ1v) is 8.65. The minimum Gasteiger partial charge on any atom is -0.313 e. The van der Waals surface area contributed by atoms with E-state index in [-0.39, 0.29) is 5.82 Å². The second-order valence-corrected chi connectivity index (χ2v) is 6.97. The molecule has 118 valence electrons. The van der Waals surface area contributed by atoms with Crippen molar-refractivity contribution < 1.29 is 4.39 Å². The third-order valence-corrected chi connectivity index (χ3v) is 4.89. The minimum absolute atomic E-state index is 0.172. The second-order valence-electron chi connectivity index (χ2n) is 6.53. The van der Waals surface area contributed by atoms with Crippen molar-refractivity contribution in [2.45, 2.75) is 58.4 Å². The van der Waals surface area contributed by atoms with Crippen molar-refractivity contribution in [2.24, 2.45) is 11.8 Å². The molecule has 0 spiro atoms. The van der Waals surface area contributed by atoms with E-state index in [4.69, 9.17) is 11.6 Å². The maximum atomic E-state index is 14.1. The maximum Gasteiger partial charge on any atom is 0.127 e. The average molecular weight is 312 g/mol. The average Bonchev–Trinajstić information content (AvgIpc) is 2.45. The van der Waals surface area contributed by atoms with E-state index in [1.807, 2.05) is 6.07 Å². The van der Waals surface area contributed by atoms with Gasteiger partial charge in [0, 0.05) is 11.1 Å². The van der Waals surface area contributed by atoms with E-state index in [1.54, 1.807) is 6.07 Å². The number of rotatable bonds is 6. The molecule has 0 aromatic heterocycles. The quantitative estimate of drug-likeness (QED) is 0.760. The zero-order chi connectivity index (χ0) is 15.2. The highest BCUT2D eigenvalue weighted by Crippen LogP contribution is 2.32. The van der Waals surface area contributed by atoms with E-state index < -0.39 is 0 Å². The molecule has 0 saturated heterocycles. The van der Waals surface area contributed by atoms with Gasteiger partial charge in [-0.2, -0.15) is 0 Å². The molecule has 0 radical (unpaired) electrons. The molecular weight excluding hydrogens is 285 g/mol. The van der Waals surface area contributed by atoms with Gasteiger partial charge in [-0.3, -0.25) is 0 Å². The fraction of sp³-hybridized carbons (Fsp3) is 0.667. The summed E-state index contributed by atoms with van der Waals surface area (Å²) in [6, 6.07) is 5.44. The zero-order valence-corrected chi connectivity index (χ0v) is 13.9. The Morgan fingerprint density at radius 2 is 2.19 bits per heavy atom. The molecule has 1 aromatic rings. The van der Waals surface area contributed by atoms with Crippen LogP contribution in [0.3, 0.4) is 0 Å². The highest BCUT2D eigenvalue weighted by Gasteiger charge is 2.27. The lowest BCUT2D eigenvalue weighted by atomic mass is 9.77. The van der Waals surface area contributed by atoms with Crippen molar-refractivity contribution in [1.29, 1.82) is 0 Å². The van der Waals surface area contributed by atoms with Crippen molar-refractivity contribution in [2.75, 3.05) is 6.54 Å². The molecule has 3 atom stereocenters. The molecule has 0 aliphatic heterocycles. The summed E-state index contributed by atoms with van der Waals surface area (Å²) in [5.41, 5.74) is 0.784. The summed E-state index contributed by atoms with van der Waals surface area (Å²) in [6.07, 6.45) is 7.05. The Hall–Kier alpha value is -0.600. The molecule has 2 rings (SSSR count). The van der Waals surface area contributed by atoms with Gasteiger partial charge >= 0.3 is 0 Å². The molecule has 0 heterocycles. The molecule has 1 nitrogen and oxygen atoms in total. The van der Waals surface area contributed by atoms with Crippen LogP contribution in [0.25, 0.3) is 0 Å². The van der Waals surface area contributed by atoms with Crippen LogP contribution in [0.1, 0.15) is 51.5 Å². The fourth-order valence-electron chi connectivity index (χ4n) is 3.51. The standard InChI is InChI=1S/C18H27ClFN/c1-3-9-21-18(15-6-4-5-13(2)10-15)11-14-7-8-16(19)12-17(14)20/h7-8,12-13,15,18,21H,3-6,9-11H2,1-2H3. The number of hydrogen-bond donors (Lipinski definition) is 1. The first-order valence-electron chi connectivity index (χ1n) is 8.27. The third kappa shape index (κ3) is 4.96. The normalized spacial score (nSPS) is 24.0. The van der Waals surface area contributed by atoms with Crippen LogP contribution in [0.5, 0.6) is 0 Å². The topological polar surface area (TPSA) is 12.0 Å². The fourth-order valence-corrected chi connectivity index (χ4v) is 3.66. The highest BCUT2D eigenvalue weighted by atomic mass is 35.5. The van der Waals surface area contributed by atoms with Crippen molar-refractivity contribution in [3.8, 4) is 0 Å². The predicted octanol–water partition coefficient (Wildman–Crippen LogP) is 5.22. The van der Waals surface area contributed by atoms with Crippen LogP contribution < -0.4 is 5.32 Å². The van der Waals surface area contributed by atoms with Gasteiger partial charge in [-0.05, 0) is 61.8 Å². The Morgan fingerprint density at radius 1 is 1.38 bits per heavy atom. The van der Waals surface area contributed by atoms with Crippen LogP contribution in [0, 0.1) is 17.7 Å². The lowest BCUT2D eigenvalue weighted by Crippen LogP contribution is -2.40. The second kappa shape index (κ2) is 8.14. The molecular formula is C18H27ClFN. The molecule has 3 heteroatoms. The summed E-state index contributed by atoms with van der Waals surface area (Å²) in [6.45, 7) is 5.52. The predicted molar refractivity (Wildman–Crippen MR) is 88.3 cm³/mol. The van der Waals surface area contributed by atoms with Crippen LogP contribution in [-0.4, -0.2) is 12.6 Å². The van der Waals surface area contributed by atoms with Gasteiger partial charge < -0.3 is 5.32 Å². The van der Waals surface area contributed by atoms with E-state index in [9.17, 15) is 4.39 Å². The molecule has 1 aromatic carbocycles. The van der Waals surface area contributed by atoms with Gasteiger partial charge in [0.2, 0.25) is 0 Å². The molecule has 0 bridgehead atoms. The summed E-state index contributed by atoms with van der Waals surface area (Å²) in [5, 5.41) is 4.12. The molecule has 1 N–H and O–H groups in total. The van der Waals surface area contributed by atoms with Crippen molar-refractivity contribution in [3.05, 3.63) is 34.6 Å². The minimum atomic E-state index is -0.172. The number of nitrogens with one attached hydrogen (secondary N) is 1. The van der Waals surface area contributed by atoms with E-state index in [1.165, 1.54) is 31.7 Å². The molecule has 3 unspecified atom stereocenters. The monoisotopic (exact) mass is 311 g/mol. The first-order chi connectivity index (χ1) is 10.1. The Labute approximate surface area is 133 Å². The van der Waals surface area contributed by atoms with Crippen LogP contribution >= 0.6 is 11.6 Å². The lowest BCUT2D eigenvalue weighted by Gasteiger charge is -2.34. The van der Waals surface area contributed by atoms with Gasteiger partial charge in [-0.1, -0.05) is 44.4 Å². The largest absolute Gasteiger partial charge is 0.313 e. The Bertz CT molecular complexity index is 449. The van der Waals surface area contributed by atoms with Crippen molar-refractivity contribution >= 4 is 11.6 Å². The Balaban J connectivity index is 2.07. The van der Waals surface area contributed by atoms with Crippen molar-refractivity contribution in [3.63, 3.8) is 0 Å². The summed E-state index contributed by atoms with van der Waals surface area (Å²) in [7, 11) is 0. The van der Waals surface area contributed by atoms with Crippen molar-refractivity contribution in [1.82, 2.24) is 5.32 Å². The van der Waals surface area contributed by atoms with Crippen LogP contribution in [0.2, 0.25) is 5.02 Å². The summed E-state index contributed by atoms with van der Waals surface area (Å²) >= 11 is 5.85. The molecule has 1 aliphatic carbocycles. The van der Waals surface area contributed by atoms with E-state index in [0.717, 1.165) is 30.9 Å². The Kier molecular flexibility index (Phi) is 6.50. The number of hydrogen-bond acceptors (Lipinski definition) is 1. The van der Waals surface area contributed by atoms with Gasteiger partial charge in [-0.25, -0.2) is 4.39 Å². The molecule has 1 aliphatic rings. The molecule has 1 fully saturated rings. The van der Waals surface area contributed by atoms with E-state index in [0.29, 0.717) is 17.0 Å². The Morgan fingerprint density at radius 3 is 2.86 bits per heavy atom. The van der Waals surface area contributed by atoms with Gasteiger partial charge in [0.1, 0.15) is 5.82 Å². The summed E-state index contributed by atoms with van der Waals surface area (Å²) in [4.78, 5) is 0. The zero-order valence-electron chi connectivity index (χ0n) is 13.2. The van der Waals surface area contributed by atoms with Crippen LogP contribution in [-0.2, 0) is 6.42 Å². The van der Waals surface area contributed by atoms with Gasteiger partial charge in [-0.15, -0.1) is 0 Å². The number of halogens is 2. The molecule has 0 amide bonds. The van der Waals surface area contributed by atoms with E-state index >= 15 is 0 Å². The third-order valence-electron chi connectivity index (χ3n) is 4.66. The van der Waals surface area contributed by atoms with Gasteiger partial charge in [0.05, 0.1) is 0 Å². The lowest BCUT2D eigenvalue weighted by molar-refractivity contribution is 0.220. The summed E-state index contributed by atoms with van der Waals surface area (Å²) < 4.78 is 14.1. The maximum absolute atomic E-state index is 14.1. The smallest absolute Gasteiger partial charge is 0.127 e. The van der Waals surface area contributed by atoms with Crippen LogP contribution in [0.15, 0.2) is 18.2 Å². The molecule has 1 saturated carbocycles. The van der Waals surface area contributed by atoms with Gasteiger partial charge in [0.25, 0.3) is 0 Å². The first kappa shape index (κ1) is 16.8.